The Labute approximate surface area is 126 Å². The van der Waals surface area contributed by atoms with E-state index in [1.807, 2.05) is 30.5 Å². The van der Waals surface area contributed by atoms with Gasteiger partial charge in [0.25, 0.3) is 0 Å². The fourth-order valence-corrected chi connectivity index (χ4v) is 2.28. The number of thiocarbonyl (C=S) groups is 1. The molecule has 0 bridgehead atoms. The fourth-order valence-electron chi connectivity index (χ4n) is 1.75. The second-order valence-corrected chi connectivity index (χ2v) is 5.57. The molecular formula is C14H14BrN3S. The molecule has 0 aliphatic carbocycles. The zero-order valence-corrected chi connectivity index (χ0v) is 12.9. The predicted molar refractivity (Wildman–Crippen MR) is 86.3 cm³/mol. The number of hydrogen-bond acceptors (Lipinski definition) is 3. The Bertz CT molecular complexity index is 613. The summed E-state index contributed by atoms with van der Waals surface area (Å²) in [5, 5.41) is 3.35. The van der Waals surface area contributed by atoms with Crippen LogP contribution in [0, 0.1) is 6.92 Å². The van der Waals surface area contributed by atoms with Crippen molar-refractivity contribution in [2.45, 2.75) is 13.5 Å². The monoisotopic (exact) mass is 335 g/mol. The summed E-state index contributed by atoms with van der Waals surface area (Å²) in [4.78, 5) is 4.51. The highest BCUT2D eigenvalue weighted by molar-refractivity contribution is 9.10. The summed E-state index contributed by atoms with van der Waals surface area (Å²) in [6.45, 7) is 2.76. The lowest BCUT2D eigenvalue weighted by molar-refractivity contribution is 1.08. The molecule has 3 nitrogen and oxygen atoms in total. The first-order valence-corrected chi connectivity index (χ1v) is 7.01. The molecule has 5 heteroatoms. The maximum Gasteiger partial charge on any atom is 0.106 e. The molecular weight excluding hydrogens is 322 g/mol. The van der Waals surface area contributed by atoms with Gasteiger partial charge in [-0.1, -0.05) is 28.1 Å². The molecule has 0 amide bonds. The number of nitrogens with one attached hydrogen (secondary N) is 1. The topological polar surface area (TPSA) is 50.9 Å². The van der Waals surface area contributed by atoms with Crippen LogP contribution in [0.25, 0.3) is 0 Å². The van der Waals surface area contributed by atoms with Crippen molar-refractivity contribution in [2.24, 2.45) is 5.73 Å². The zero-order chi connectivity index (χ0) is 13.8. The second kappa shape index (κ2) is 6.12. The SMILES string of the molecule is Cc1ccncc1CNc1ccc(Br)cc1C(N)=S. The van der Waals surface area contributed by atoms with Crippen LogP contribution in [-0.2, 0) is 6.54 Å². The van der Waals surface area contributed by atoms with E-state index in [0.29, 0.717) is 11.5 Å². The van der Waals surface area contributed by atoms with Crippen LogP contribution in [0.1, 0.15) is 16.7 Å². The summed E-state index contributed by atoms with van der Waals surface area (Å²) in [6, 6.07) is 7.83. The van der Waals surface area contributed by atoms with Crippen LogP contribution in [0.5, 0.6) is 0 Å². The molecule has 0 fully saturated rings. The molecule has 1 aromatic heterocycles. The Morgan fingerprint density at radius 2 is 2.21 bits per heavy atom. The number of benzene rings is 1. The third kappa shape index (κ3) is 3.52. The molecule has 0 atom stereocenters. The van der Waals surface area contributed by atoms with Crippen LogP contribution in [0.4, 0.5) is 5.69 Å². The fraction of sp³-hybridized carbons (Fsp3) is 0.143. The largest absolute Gasteiger partial charge is 0.389 e. The minimum absolute atomic E-state index is 0.381. The van der Waals surface area contributed by atoms with Gasteiger partial charge in [0, 0.05) is 34.7 Å². The number of anilines is 1. The average Bonchev–Trinajstić information content (AvgIpc) is 2.38. The van der Waals surface area contributed by atoms with E-state index < -0.39 is 0 Å². The van der Waals surface area contributed by atoms with E-state index in [0.717, 1.165) is 21.3 Å². The molecule has 19 heavy (non-hydrogen) atoms. The lowest BCUT2D eigenvalue weighted by Gasteiger charge is -2.12. The number of aromatic nitrogens is 1. The van der Waals surface area contributed by atoms with Gasteiger partial charge in [0.2, 0.25) is 0 Å². The molecule has 2 rings (SSSR count). The van der Waals surface area contributed by atoms with Crippen LogP contribution in [-0.4, -0.2) is 9.97 Å². The van der Waals surface area contributed by atoms with Crippen molar-refractivity contribution in [1.29, 1.82) is 0 Å². The second-order valence-electron chi connectivity index (χ2n) is 4.21. The molecule has 0 spiro atoms. The number of halogens is 1. The highest BCUT2D eigenvalue weighted by Gasteiger charge is 2.06. The quantitative estimate of drug-likeness (QED) is 0.841. The Morgan fingerprint density at radius 3 is 2.89 bits per heavy atom. The molecule has 1 aromatic carbocycles. The van der Waals surface area contributed by atoms with E-state index in [9.17, 15) is 0 Å². The van der Waals surface area contributed by atoms with Gasteiger partial charge in [-0.25, -0.2) is 0 Å². The first-order chi connectivity index (χ1) is 9.08. The highest BCUT2D eigenvalue weighted by Crippen LogP contribution is 2.22. The third-order valence-corrected chi connectivity index (χ3v) is 3.58. The van der Waals surface area contributed by atoms with Gasteiger partial charge >= 0.3 is 0 Å². The first kappa shape index (κ1) is 14.0. The van der Waals surface area contributed by atoms with Gasteiger partial charge in [-0.2, -0.15) is 0 Å². The molecule has 0 unspecified atom stereocenters. The Morgan fingerprint density at radius 1 is 1.42 bits per heavy atom. The number of rotatable bonds is 4. The standard InChI is InChI=1S/C14H14BrN3S/c1-9-4-5-17-7-10(9)8-18-13-3-2-11(15)6-12(13)14(16)19/h2-7,18H,8H2,1H3,(H2,16,19). The van der Waals surface area contributed by atoms with E-state index in [1.54, 1.807) is 6.20 Å². The number of hydrogen-bond donors (Lipinski definition) is 2. The maximum atomic E-state index is 5.74. The van der Waals surface area contributed by atoms with Gasteiger partial charge in [-0.05, 0) is 42.3 Å². The number of pyridine rings is 1. The number of aryl methyl sites for hydroxylation is 1. The van der Waals surface area contributed by atoms with Gasteiger partial charge in [-0.3, -0.25) is 4.98 Å². The molecule has 98 valence electrons. The minimum atomic E-state index is 0.381. The number of nitrogens with zero attached hydrogens (tertiary/aromatic N) is 1. The highest BCUT2D eigenvalue weighted by atomic mass is 79.9. The lowest BCUT2D eigenvalue weighted by Crippen LogP contribution is -2.13. The van der Waals surface area contributed by atoms with E-state index >= 15 is 0 Å². The molecule has 0 aliphatic heterocycles. The maximum absolute atomic E-state index is 5.74. The van der Waals surface area contributed by atoms with E-state index in [-0.39, 0.29) is 0 Å². The Hall–Kier alpha value is -1.46. The smallest absolute Gasteiger partial charge is 0.106 e. The van der Waals surface area contributed by atoms with Crippen molar-refractivity contribution in [1.82, 2.24) is 4.98 Å². The van der Waals surface area contributed by atoms with Crippen molar-refractivity contribution in [3.63, 3.8) is 0 Å². The van der Waals surface area contributed by atoms with E-state index in [2.05, 4.69) is 33.2 Å². The summed E-state index contributed by atoms with van der Waals surface area (Å²) >= 11 is 8.49. The summed E-state index contributed by atoms with van der Waals surface area (Å²) in [6.07, 6.45) is 3.65. The number of nitrogens with two attached hydrogens (primary N) is 1. The molecule has 0 saturated heterocycles. The normalized spacial score (nSPS) is 10.2. The first-order valence-electron chi connectivity index (χ1n) is 5.80. The van der Waals surface area contributed by atoms with Crippen LogP contribution in [0.2, 0.25) is 0 Å². The molecule has 3 N–H and O–H groups in total. The zero-order valence-electron chi connectivity index (χ0n) is 10.5. The molecule has 0 saturated carbocycles. The molecule has 2 aromatic rings. The predicted octanol–water partition coefficient (Wildman–Crippen LogP) is 3.40. The summed E-state index contributed by atoms with van der Waals surface area (Å²) in [5.41, 5.74) is 9.87. The van der Waals surface area contributed by atoms with Crippen LogP contribution < -0.4 is 11.1 Å². The van der Waals surface area contributed by atoms with Crippen LogP contribution in [0.3, 0.4) is 0 Å². The van der Waals surface area contributed by atoms with E-state index in [4.69, 9.17) is 18.0 Å². The van der Waals surface area contributed by atoms with Crippen LogP contribution >= 0.6 is 28.1 Å². The van der Waals surface area contributed by atoms with Crippen molar-refractivity contribution in [3.05, 3.63) is 57.8 Å². The molecule has 0 radical (unpaired) electrons. The summed E-state index contributed by atoms with van der Waals surface area (Å²) in [5.74, 6) is 0. The minimum Gasteiger partial charge on any atom is -0.389 e. The van der Waals surface area contributed by atoms with E-state index in [1.165, 1.54) is 5.56 Å². The van der Waals surface area contributed by atoms with Gasteiger partial charge < -0.3 is 11.1 Å². The van der Waals surface area contributed by atoms with Crippen molar-refractivity contribution in [2.75, 3.05) is 5.32 Å². The van der Waals surface area contributed by atoms with Crippen molar-refractivity contribution in [3.8, 4) is 0 Å². The third-order valence-electron chi connectivity index (χ3n) is 2.86. The van der Waals surface area contributed by atoms with Crippen molar-refractivity contribution < 1.29 is 0 Å². The summed E-state index contributed by atoms with van der Waals surface area (Å²) in [7, 11) is 0. The van der Waals surface area contributed by atoms with Gasteiger partial charge in [0.15, 0.2) is 0 Å². The van der Waals surface area contributed by atoms with Gasteiger partial charge in [0.1, 0.15) is 4.99 Å². The Kier molecular flexibility index (Phi) is 4.50. The average molecular weight is 336 g/mol. The lowest BCUT2D eigenvalue weighted by atomic mass is 10.1. The van der Waals surface area contributed by atoms with Crippen molar-refractivity contribution >= 4 is 38.8 Å². The molecule has 0 aliphatic rings. The summed E-state index contributed by atoms with van der Waals surface area (Å²) < 4.78 is 0.957. The molecule has 1 heterocycles. The Balaban J connectivity index is 2.20. The van der Waals surface area contributed by atoms with Gasteiger partial charge in [0.05, 0.1) is 0 Å². The van der Waals surface area contributed by atoms with Gasteiger partial charge in [-0.15, -0.1) is 0 Å². The van der Waals surface area contributed by atoms with Crippen LogP contribution in [0.15, 0.2) is 41.1 Å².